The second kappa shape index (κ2) is 9.78. The molecule has 0 atom stereocenters. The van der Waals surface area contributed by atoms with E-state index in [0.29, 0.717) is 16.8 Å². The monoisotopic (exact) mass is 438 g/mol. The molecule has 0 radical (unpaired) electrons. The Morgan fingerprint density at radius 3 is 2.21 bits per heavy atom. The van der Waals surface area contributed by atoms with Crippen molar-refractivity contribution in [2.45, 2.75) is 6.92 Å². The molecule has 4 aromatic rings. The predicted octanol–water partition coefficient (Wildman–Crippen LogP) is 4.74. The Morgan fingerprint density at radius 2 is 1.52 bits per heavy atom. The molecule has 33 heavy (non-hydrogen) atoms. The highest BCUT2D eigenvalue weighted by Crippen LogP contribution is 2.30. The molecule has 2 N–H and O–H groups in total. The van der Waals surface area contributed by atoms with E-state index in [2.05, 4.69) is 10.3 Å². The number of ketones is 1. The normalized spacial score (nSPS) is 11.2. The molecule has 1 aromatic heterocycles. The Balaban J connectivity index is 1.60. The summed E-state index contributed by atoms with van der Waals surface area (Å²) in [5.74, 6) is -1.55. The number of Topliss-reactive ketones (excluding diaryl/α,β-unsaturated/α-hetero) is 1. The van der Waals surface area contributed by atoms with Gasteiger partial charge < -0.3 is 15.0 Å². The molecule has 0 aliphatic heterocycles. The van der Waals surface area contributed by atoms with Gasteiger partial charge in [0.1, 0.15) is 5.70 Å². The Hall–Kier alpha value is -4.45. The van der Waals surface area contributed by atoms with Crippen molar-refractivity contribution < 1.29 is 19.1 Å². The maximum absolute atomic E-state index is 13.2. The fourth-order valence-electron chi connectivity index (χ4n) is 3.59. The average Bonchev–Trinajstić information content (AvgIpc) is 3.22. The van der Waals surface area contributed by atoms with Crippen molar-refractivity contribution >= 4 is 34.6 Å². The number of fused-ring (bicyclic) bond motifs is 1. The summed E-state index contributed by atoms with van der Waals surface area (Å²) in [5, 5.41) is 3.23. The Kier molecular flexibility index (Phi) is 6.45. The summed E-state index contributed by atoms with van der Waals surface area (Å²) < 4.78 is 5.32. The Morgan fingerprint density at radius 1 is 0.879 bits per heavy atom. The van der Waals surface area contributed by atoms with Gasteiger partial charge in [-0.3, -0.25) is 9.59 Å². The second-order valence-electron chi connectivity index (χ2n) is 7.44. The maximum Gasteiger partial charge on any atom is 0.355 e. The van der Waals surface area contributed by atoms with Crippen molar-refractivity contribution in [2.75, 3.05) is 6.61 Å². The number of hydrogen-bond donors (Lipinski definition) is 2. The van der Waals surface area contributed by atoms with E-state index in [1.165, 1.54) is 13.0 Å². The molecule has 0 bridgehead atoms. The van der Waals surface area contributed by atoms with Crippen molar-refractivity contribution in [3.63, 3.8) is 0 Å². The van der Waals surface area contributed by atoms with Gasteiger partial charge in [0.25, 0.3) is 0 Å². The lowest BCUT2D eigenvalue weighted by molar-refractivity contribution is -0.139. The van der Waals surface area contributed by atoms with Crippen LogP contribution in [0.15, 0.2) is 90.6 Å². The van der Waals surface area contributed by atoms with E-state index in [1.54, 1.807) is 12.1 Å². The molecule has 0 spiro atoms. The van der Waals surface area contributed by atoms with Crippen molar-refractivity contribution in [3.05, 3.63) is 102 Å². The summed E-state index contributed by atoms with van der Waals surface area (Å²) in [6.45, 7) is 0.835. The minimum Gasteiger partial charge on any atom is -0.453 e. The number of aromatic nitrogens is 1. The van der Waals surface area contributed by atoms with Crippen molar-refractivity contribution in [2.24, 2.45) is 0 Å². The molecule has 0 saturated carbocycles. The number of carbonyl (C=O) groups excluding carboxylic acids is 3. The number of carbonyl (C=O) groups is 3. The van der Waals surface area contributed by atoms with E-state index in [1.807, 2.05) is 72.8 Å². The molecule has 6 nitrogen and oxygen atoms in total. The number of esters is 1. The lowest BCUT2D eigenvalue weighted by atomic mass is 10.0. The summed E-state index contributed by atoms with van der Waals surface area (Å²) in [6.07, 6.45) is 1.51. The highest BCUT2D eigenvalue weighted by atomic mass is 16.5. The topological polar surface area (TPSA) is 88.3 Å². The fourth-order valence-corrected chi connectivity index (χ4v) is 3.59. The minimum absolute atomic E-state index is 0.0382. The third-order valence-corrected chi connectivity index (χ3v) is 5.02. The zero-order chi connectivity index (χ0) is 23.2. The summed E-state index contributed by atoms with van der Waals surface area (Å²) in [4.78, 5) is 40.8. The quantitative estimate of drug-likeness (QED) is 0.248. The molecular weight excluding hydrogens is 416 g/mol. The zero-order valence-corrected chi connectivity index (χ0v) is 18.0. The van der Waals surface area contributed by atoms with Crippen LogP contribution in [0, 0.1) is 0 Å². The van der Waals surface area contributed by atoms with Gasteiger partial charge in [0.05, 0.1) is 11.3 Å². The molecule has 0 saturated heterocycles. The number of nitrogens with one attached hydrogen (secondary N) is 2. The van der Waals surface area contributed by atoms with Crippen LogP contribution >= 0.6 is 0 Å². The molecule has 0 fully saturated rings. The summed E-state index contributed by atoms with van der Waals surface area (Å²) in [7, 11) is 0. The van der Waals surface area contributed by atoms with Crippen LogP contribution in [-0.2, 0) is 14.3 Å². The number of benzene rings is 3. The molecule has 164 valence electrons. The van der Waals surface area contributed by atoms with Crippen molar-refractivity contribution in [1.82, 2.24) is 10.3 Å². The number of hydrogen-bond acceptors (Lipinski definition) is 4. The smallest absolute Gasteiger partial charge is 0.355 e. The van der Waals surface area contributed by atoms with E-state index in [-0.39, 0.29) is 11.5 Å². The lowest BCUT2D eigenvalue weighted by Crippen LogP contribution is -2.27. The first kappa shape index (κ1) is 21.8. The Labute approximate surface area is 190 Å². The summed E-state index contributed by atoms with van der Waals surface area (Å²) >= 11 is 0. The average molecular weight is 438 g/mol. The van der Waals surface area contributed by atoms with Crippen LogP contribution < -0.4 is 5.32 Å². The minimum atomic E-state index is -0.788. The number of amides is 1. The molecule has 4 rings (SSSR count). The van der Waals surface area contributed by atoms with E-state index in [0.717, 1.165) is 16.5 Å². The van der Waals surface area contributed by atoms with Crippen LogP contribution in [0.1, 0.15) is 22.8 Å². The maximum atomic E-state index is 13.2. The van der Waals surface area contributed by atoms with Gasteiger partial charge in [0, 0.05) is 17.8 Å². The number of para-hydroxylation sites is 1. The molecule has 0 unspecified atom stereocenters. The molecule has 3 aromatic carbocycles. The van der Waals surface area contributed by atoms with Gasteiger partial charge in [-0.25, -0.2) is 4.79 Å². The van der Waals surface area contributed by atoms with E-state index in [9.17, 15) is 14.4 Å². The zero-order valence-electron chi connectivity index (χ0n) is 18.0. The van der Waals surface area contributed by atoms with Crippen LogP contribution in [0.25, 0.3) is 28.2 Å². The second-order valence-corrected chi connectivity index (χ2v) is 7.44. The lowest BCUT2D eigenvalue weighted by Gasteiger charge is -2.10. The summed E-state index contributed by atoms with van der Waals surface area (Å²) in [6, 6.07) is 26.0. The van der Waals surface area contributed by atoms with Crippen LogP contribution in [0.2, 0.25) is 0 Å². The first-order chi connectivity index (χ1) is 16.0. The number of rotatable bonds is 7. The van der Waals surface area contributed by atoms with Gasteiger partial charge in [-0.2, -0.15) is 0 Å². The molecule has 1 heterocycles. The molecular formula is C27H22N2O4. The predicted molar refractivity (Wildman–Crippen MR) is 127 cm³/mol. The van der Waals surface area contributed by atoms with Crippen LogP contribution in [0.3, 0.4) is 0 Å². The number of H-pyrrole nitrogens is 1. The third kappa shape index (κ3) is 5.07. The van der Waals surface area contributed by atoms with Crippen molar-refractivity contribution in [3.8, 4) is 11.3 Å². The van der Waals surface area contributed by atoms with Crippen LogP contribution in [0.4, 0.5) is 0 Å². The summed E-state index contributed by atoms with van der Waals surface area (Å²) in [5.41, 5.74) is 3.47. The van der Waals surface area contributed by atoms with Crippen LogP contribution in [-0.4, -0.2) is 29.3 Å². The highest BCUT2D eigenvalue weighted by molar-refractivity contribution is 6.14. The van der Waals surface area contributed by atoms with Gasteiger partial charge >= 0.3 is 5.97 Å². The first-order valence-corrected chi connectivity index (χ1v) is 10.4. The third-order valence-electron chi connectivity index (χ3n) is 5.02. The first-order valence-electron chi connectivity index (χ1n) is 10.4. The Bertz CT molecular complexity index is 1340. The number of ether oxygens (including phenoxy) is 1. The van der Waals surface area contributed by atoms with Gasteiger partial charge in [-0.05, 0) is 23.3 Å². The fraction of sp³-hybridized carbons (Fsp3) is 0.0741. The van der Waals surface area contributed by atoms with E-state index in [4.69, 9.17) is 4.74 Å². The standard InChI is InChI=1S/C27H22N2O4/c1-18(30)28-23(16-19-10-4-2-5-11-19)27(32)33-17-24(31)25-21-14-8-9-15-22(21)29-26(25)20-12-6-3-7-13-20/h2-16,29H,17H2,1H3,(H,28,30)/b23-16+. The largest absolute Gasteiger partial charge is 0.453 e. The SMILES string of the molecule is CC(=O)N/C(=C/c1ccccc1)C(=O)OCC(=O)c1c(-c2ccccc2)[nH]c2ccccc12. The van der Waals surface area contributed by atoms with Gasteiger partial charge in [-0.15, -0.1) is 0 Å². The van der Waals surface area contributed by atoms with Gasteiger partial charge in [0.15, 0.2) is 6.61 Å². The molecule has 6 heteroatoms. The highest BCUT2D eigenvalue weighted by Gasteiger charge is 2.22. The van der Waals surface area contributed by atoms with E-state index < -0.39 is 18.5 Å². The van der Waals surface area contributed by atoms with Gasteiger partial charge in [0.2, 0.25) is 11.7 Å². The van der Waals surface area contributed by atoms with Gasteiger partial charge in [-0.1, -0.05) is 78.9 Å². The molecule has 1 amide bonds. The number of aromatic amines is 1. The molecule has 0 aliphatic carbocycles. The van der Waals surface area contributed by atoms with Crippen LogP contribution in [0.5, 0.6) is 0 Å². The van der Waals surface area contributed by atoms with Crippen molar-refractivity contribution in [1.29, 1.82) is 0 Å². The van der Waals surface area contributed by atoms with E-state index >= 15 is 0 Å². The molecule has 0 aliphatic rings.